The highest BCUT2D eigenvalue weighted by Crippen LogP contribution is 2.41. The maximum Gasteiger partial charge on any atom is 0.264 e. The van der Waals surface area contributed by atoms with Crippen LogP contribution in [0.1, 0.15) is 54.8 Å². The first-order chi connectivity index (χ1) is 13.9. The molecule has 0 bridgehead atoms. The summed E-state index contributed by atoms with van der Waals surface area (Å²) in [4.78, 5) is 19.0. The summed E-state index contributed by atoms with van der Waals surface area (Å²) in [7, 11) is 1.71. The molecule has 0 N–H and O–H groups in total. The molecular formula is C20H24F2N6O. The number of aromatic nitrogens is 5. The quantitative estimate of drug-likeness (QED) is 0.607. The maximum absolute atomic E-state index is 13.7. The molecule has 1 aliphatic rings. The minimum absolute atomic E-state index is 0.0479. The summed E-state index contributed by atoms with van der Waals surface area (Å²) in [6.07, 6.45) is 1.01. The van der Waals surface area contributed by atoms with E-state index in [4.69, 9.17) is 0 Å². The molecule has 3 aromatic heterocycles. The van der Waals surface area contributed by atoms with Crippen molar-refractivity contribution < 1.29 is 13.6 Å². The summed E-state index contributed by atoms with van der Waals surface area (Å²) in [6.45, 7) is 4.74. The van der Waals surface area contributed by atoms with Crippen LogP contribution < -0.4 is 0 Å². The molecule has 3 aromatic rings. The van der Waals surface area contributed by atoms with Gasteiger partial charge in [0.2, 0.25) is 5.91 Å². The minimum Gasteiger partial charge on any atom is -0.338 e. The van der Waals surface area contributed by atoms with Gasteiger partial charge in [-0.15, -0.1) is 0 Å². The second kappa shape index (κ2) is 7.53. The van der Waals surface area contributed by atoms with E-state index in [-0.39, 0.29) is 23.9 Å². The third kappa shape index (κ3) is 3.73. The topological polar surface area (TPSA) is 68.8 Å². The molecule has 1 amide bonds. The van der Waals surface area contributed by atoms with Gasteiger partial charge in [0, 0.05) is 37.0 Å². The van der Waals surface area contributed by atoms with Crippen LogP contribution in [0.2, 0.25) is 0 Å². The van der Waals surface area contributed by atoms with Gasteiger partial charge in [-0.3, -0.25) is 9.48 Å². The largest absolute Gasteiger partial charge is 0.338 e. The lowest BCUT2D eigenvalue weighted by atomic mass is 10.1. The number of hydrogen-bond acceptors (Lipinski definition) is 4. The second-order valence-corrected chi connectivity index (χ2v) is 7.54. The molecule has 154 valence electrons. The Morgan fingerprint density at radius 3 is 2.76 bits per heavy atom. The van der Waals surface area contributed by atoms with E-state index < -0.39 is 6.43 Å². The second-order valence-electron chi connectivity index (χ2n) is 7.54. The number of halogens is 2. The summed E-state index contributed by atoms with van der Waals surface area (Å²) >= 11 is 0. The molecule has 1 fully saturated rings. The van der Waals surface area contributed by atoms with Crippen molar-refractivity contribution in [3.63, 3.8) is 0 Å². The zero-order chi connectivity index (χ0) is 20.7. The third-order valence-electron chi connectivity index (χ3n) is 5.37. The first-order valence-corrected chi connectivity index (χ1v) is 9.79. The van der Waals surface area contributed by atoms with E-state index in [1.165, 1.54) is 10.7 Å². The molecule has 0 aromatic carbocycles. The first kappa shape index (κ1) is 19.5. The standard InChI is InChI=1S/C20H24F2N6O/c1-4-27-14(7-8-23-27)10-26(3)17(29)11-28-20-18(12(2)25-28)15(19(21)22)9-16(24-20)13-5-6-13/h7-9,13,19H,4-6,10-11H2,1-3H3. The molecule has 9 heteroatoms. The lowest BCUT2D eigenvalue weighted by Gasteiger charge is -2.18. The van der Waals surface area contributed by atoms with Crippen molar-refractivity contribution >= 4 is 16.9 Å². The monoisotopic (exact) mass is 402 g/mol. The summed E-state index contributed by atoms with van der Waals surface area (Å²) in [6, 6.07) is 3.38. The van der Waals surface area contributed by atoms with Gasteiger partial charge in [0.15, 0.2) is 5.65 Å². The van der Waals surface area contributed by atoms with Crippen LogP contribution in [-0.4, -0.2) is 42.4 Å². The molecule has 0 aliphatic heterocycles. The van der Waals surface area contributed by atoms with Crippen LogP contribution >= 0.6 is 0 Å². The number of likely N-dealkylation sites (N-methyl/N-ethyl adjacent to an activating group) is 1. The SMILES string of the molecule is CCn1nccc1CN(C)C(=O)Cn1nc(C)c2c(C(F)F)cc(C3CC3)nc21. The number of nitrogens with zero attached hydrogens (tertiary/aromatic N) is 6. The molecule has 0 saturated heterocycles. The Morgan fingerprint density at radius 1 is 1.34 bits per heavy atom. The van der Waals surface area contributed by atoms with Gasteiger partial charge in [-0.05, 0) is 38.8 Å². The van der Waals surface area contributed by atoms with Gasteiger partial charge in [0.25, 0.3) is 6.43 Å². The number of aryl methyl sites for hydroxylation is 2. The molecule has 1 saturated carbocycles. The van der Waals surface area contributed by atoms with Crippen LogP contribution in [0.25, 0.3) is 11.0 Å². The van der Waals surface area contributed by atoms with E-state index in [1.807, 2.05) is 17.7 Å². The molecule has 0 unspecified atom stereocenters. The molecule has 0 atom stereocenters. The third-order valence-corrected chi connectivity index (χ3v) is 5.37. The molecule has 7 nitrogen and oxygen atoms in total. The van der Waals surface area contributed by atoms with E-state index >= 15 is 0 Å². The van der Waals surface area contributed by atoms with Crippen LogP contribution in [0.5, 0.6) is 0 Å². The van der Waals surface area contributed by atoms with Crippen molar-refractivity contribution in [2.24, 2.45) is 0 Å². The fourth-order valence-corrected chi connectivity index (χ4v) is 3.64. The van der Waals surface area contributed by atoms with Crippen molar-refractivity contribution in [3.8, 4) is 0 Å². The molecule has 4 rings (SSSR count). The number of fused-ring (bicyclic) bond motifs is 1. The molecule has 0 radical (unpaired) electrons. The zero-order valence-corrected chi connectivity index (χ0v) is 16.8. The van der Waals surface area contributed by atoms with Gasteiger partial charge >= 0.3 is 0 Å². The van der Waals surface area contributed by atoms with Crippen molar-refractivity contribution in [1.29, 1.82) is 0 Å². The molecule has 3 heterocycles. The normalized spacial score (nSPS) is 14.1. The van der Waals surface area contributed by atoms with E-state index in [9.17, 15) is 13.6 Å². The molecular weight excluding hydrogens is 378 g/mol. The number of carbonyl (C=O) groups is 1. The maximum atomic E-state index is 13.7. The Labute approximate surface area is 167 Å². The fraction of sp³-hybridized carbons (Fsp3) is 0.500. The van der Waals surface area contributed by atoms with Gasteiger partial charge in [-0.1, -0.05) is 0 Å². The van der Waals surface area contributed by atoms with Gasteiger partial charge in [0.05, 0.1) is 23.3 Å². The van der Waals surface area contributed by atoms with Crippen LogP contribution in [-0.2, 0) is 24.4 Å². The van der Waals surface area contributed by atoms with Crippen LogP contribution in [0.15, 0.2) is 18.3 Å². The number of pyridine rings is 1. The summed E-state index contributed by atoms with van der Waals surface area (Å²) in [5.41, 5.74) is 2.38. The van der Waals surface area contributed by atoms with Crippen LogP contribution in [0.4, 0.5) is 8.78 Å². The molecule has 29 heavy (non-hydrogen) atoms. The number of rotatable bonds is 7. The Balaban J connectivity index is 1.62. The van der Waals surface area contributed by atoms with Crippen molar-refractivity contribution in [2.75, 3.05) is 7.05 Å². The van der Waals surface area contributed by atoms with Crippen LogP contribution in [0.3, 0.4) is 0 Å². The van der Waals surface area contributed by atoms with E-state index in [1.54, 1.807) is 25.1 Å². The van der Waals surface area contributed by atoms with E-state index in [2.05, 4.69) is 15.2 Å². The molecule has 1 aliphatic carbocycles. The predicted molar refractivity (Wildman–Crippen MR) is 104 cm³/mol. The Hall–Kier alpha value is -2.84. The highest BCUT2D eigenvalue weighted by Gasteiger charge is 2.29. The zero-order valence-electron chi connectivity index (χ0n) is 16.8. The van der Waals surface area contributed by atoms with Gasteiger partial charge < -0.3 is 4.90 Å². The predicted octanol–water partition coefficient (Wildman–Crippen LogP) is 3.43. The van der Waals surface area contributed by atoms with Crippen LogP contribution in [0, 0.1) is 6.92 Å². The lowest BCUT2D eigenvalue weighted by Crippen LogP contribution is -2.31. The summed E-state index contributed by atoms with van der Waals surface area (Å²) < 4.78 is 30.6. The fourth-order valence-electron chi connectivity index (χ4n) is 3.64. The average molecular weight is 402 g/mol. The summed E-state index contributed by atoms with van der Waals surface area (Å²) in [5, 5.41) is 8.93. The van der Waals surface area contributed by atoms with Crippen molar-refractivity contribution in [2.45, 2.75) is 58.7 Å². The Kier molecular flexibility index (Phi) is 5.06. The molecule has 0 spiro atoms. The summed E-state index contributed by atoms with van der Waals surface area (Å²) in [5.74, 6) is 0.0590. The van der Waals surface area contributed by atoms with Gasteiger partial charge in [0.1, 0.15) is 6.54 Å². The van der Waals surface area contributed by atoms with Gasteiger partial charge in [-0.25, -0.2) is 18.4 Å². The number of carbonyl (C=O) groups excluding carboxylic acids is 1. The number of amides is 1. The highest BCUT2D eigenvalue weighted by atomic mass is 19.3. The van der Waals surface area contributed by atoms with Crippen molar-refractivity contribution in [3.05, 3.63) is 41.0 Å². The lowest BCUT2D eigenvalue weighted by molar-refractivity contribution is -0.131. The smallest absolute Gasteiger partial charge is 0.264 e. The number of alkyl halides is 2. The highest BCUT2D eigenvalue weighted by molar-refractivity contribution is 5.85. The van der Waals surface area contributed by atoms with E-state index in [0.717, 1.165) is 25.1 Å². The number of hydrogen-bond donors (Lipinski definition) is 0. The minimum atomic E-state index is -2.61. The van der Waals surface area contributed by atoms with Crippen molar-refractivity contribution in [1.82, 2.24) is 29.4 Å². The van der Waals surface area contributed by atoms with Gasteiger partial charge in [-0.2, -0.15) is 10.2 Å². The first-order valence-electron chi connectivity index (χ1n) is 9.79. The Bertz CT molecular complexity index is 1050. The average Bonchev–Trinajstić information content (AvgIpc) is 3.38. The van der Waals surface area contributed by atoms with E-state index in [0.29, 0.717) is 29.0 Å². The Morgan fingerprint density at radius 2 is 2.10 bits per heavy atom.